The lowest BCUT2D eigenvalue weighted by molar-refractivity contribution is -0.0712. The standard InChI is InChI=1S/C15H18N6O/c1-11-8-20(9-12(2)22-11)10-15-17-18-19-21(15)14-5-3-13(7-16)4-6-14/h3-6,11-12H,8-10H2,1-2H3/t11-,12+. The maximum absolute atomic E-state index is 8.86. The van der Waals surface area contributed by atoms with E-state index in [1.807, 2.05) is 12.1 Å². The summed E-state index contributed by atoms with van der Waals surface area (Å²) in [5.74, 6) is 0.783. The molecule has 3 rings (SSSR count). The highest BCUT2D eigenvalue weighted by atomic mass is 16.5. The molecule has 2 heterocycles. The molecule has 22 heavy (non-hydrogen) atoms. The molecule has 0 radical (unpaired) electrons. The van der Waals surface area contributed by atoms with Gasteiger partial charge >= 0.3 is 0 Å². The third kappa shape index (κ3) is 3.13. The van der Waals surface area contributed by atoms with Crippen molar-refractivity contribution < 1.29 is 4.74 Å². The molecule has 0 spiro atoms. The molecule has 0 aliphatic carbocycles. The number of aromatic nitrogens is 4. The number of morpholine rings is 1. The van der Waals surface area contributed by atoms with Crippen LogP contribution in [0.2, 0.25) is 0 Å². The summed E-state index contributed by atoms with van der Waals surface area (Å²) in [6.45, 7) is 6.55. The van der Waals surface area contributed by atoms with Gasteiger partial charge in [0.15, 0.2) is 5.82 Å². The summed E-state index contributed by atoms with van der Waals surface area (Å²) >= 11 is 0. The fraction of sp³-hybridized carbons (Fsp3) is 0.467. The molecule has 1 saturated heterocycles. The summed E-state index contributed by atoms with van der Waals surface area (Å²) < 4.78 is 7.46. The van der Waals surface area contributed by atoms with Gasteiger partial charge in [-0.15, -0.1) is 5.10 Å². The zero-order chi connectivity index (χ0) is 15.5. The lowest BCUT2D eigenvalue weighted by Crippen LogP contribution is -2.45. The Morgan fingerprint density at radius 1 is 1.23 bits per heavy atom. The molecule has 1 fully saturated rings. The van der Waals surface area contributed by atoms with Gasteiger partial charge in [0.2, 0.25) is 0 Å². The molecule has 114 valence electrons. The summed E-state index contributed by atoms with van der Waals surface area (Å²) in [5.41, 5.74) is 1.47. The molecule has 1 aliphatic heterocycles. The molecule has 2 aromatic rings. The molecule has 0 amide bonds. The van der Waals surface area contributed by atoms with Crippen molar-refractivity contribution in [1.82, 2.24) is 25.1 Å². The van der Waals surface area contributed by atoms with Gasteiger partial charge in [-0.1, -0.05) is 0 Å². The molecule has 0 N–H and O–H groups in total. The maximum Gasteiger partial charge on any atom is 0.170 e. The normalized spacial score (nSPS) is 22.4. The number of nitriles is 1. The second-order valence-corrected chi connectivity index (χ2v) is 5.62. The van der Waals surface area contributed by atoms with Crippen molar-refractivity contribution in [2.24, 2.45) is 0 Å². The Labute approximate surface area is 129 Å². The quantitative estimate of drug-likeness (QED) is 0.845. The third-order valence-corrected chi connectivity index (χ3v) is 3.64. The second-order valence-electron chi connectivity index (χ2n) is 5.62. The van der Waals surface area contributed by atoms with Crippen LogP contribution in [0.3, 0.4) is 0 Å². The molecule has 1 aliphatic rings. The number of tetrazole rings is 1. The smallest absolute Gasteiger partial charge is 0.170 e. The highest BCUT2D eigenvalue weighted by Gasteiger charge is 2.24. The highest BCUT2D eigenvalue weighted by Crippen LogP contribution is 2.15. The van der Waals surface area contributed by atoms with Crippen molar-refractivity contribution in [1.29, 1.82) is 5.26 Å². The van der Waals surface area contributed by atoms with Crippen molar-refractivity contribution in [2.75, 3.05) is 13.1 Å². The van der Waals surface area contributed by atoms with Crippen LogP contribution in [0.15, 0.2) is 24.3 Å². The molecule has 1 aromatic heterocycles. The molecule has 0 bridgehead atoms. The molecule has 0 unspecified atom stereocenters. The zero-order valence-corrected chi connectivity index (χ0v) is 12.7. The zero-order valence-electron chi connectivity index (χ0n) is 12.7. The van der Waals surface area contributed by atoms with Crippen LogP contribution in [0.5, 0.6) is 0 Å². The van der Waals surface area contributed by atoms with E-state index in [0.717, 1.165) is 24.6 Å². The van der Waals surface area contributed by atoms with E-state index in [4.69, 9.17) is 10.00 Å². The molecule has 0 saturated carbocycles. The van der Waals surface area contributed by atoms with E-state index in [2.05, 4.69) is 40.3 Å². The van der Waals surface area contributed by atoms with Crippen LogP contribution in [-0.2, 0) is 11.3 Å². The van der Waals surface area contributed by atoms with Crippen LogP contribution in [0.1, 0.15) is 25.2 Å². The van der Waals surface area contributed by atoms with Crippen molar-refractivity contribution >= 4 is 0 Å². The van der Waals surface area contributed by atoms with E-state index in [9.17, 15) is 0 Å². The summed E-state index contributed by atoms with van der Waals surface area (Å²) in [4.78, 5) is 2.30. The van der Waals surface area contributed by atoms with E-state index in [0.29, 0.717) is 12.1 Å². The first-order valence-electron chi connectivity index (χ1n) is 7.31. The minimum absolute atomic E-state index is 0.211. The van der Waals surface area contributed by atoms with Crippen LogP contribution in [0.25, 0.3) is 5.69 Å². The monoisotopic (exact) mass is 298 g/mol. The minimum Gasteiger partial charge on any atom is -0.373 e. The predicted molar refractivity (Wildman–Crippen MR) is 79.2 cm³/mol. The van der Waals surface area contributed by atoms with Crippen LogP contribution in [0.4, 0.5) is 0 Å². The fourth-order valence-corrected chi connectivity index (χ4v) is 2.80. The van der Waals surface area contributed by atoms with Gasteiger partial charge in [-0.25, -0.2) is 0 Å². The maximum atomic E-state index is 8.86. The van der Waals surface area contributed by atoms with E-state index in [1.165, 1.54) is 0 Å². The SMILES string of the molecule is C[C@@H]1CN(Cc2nnnn2-c2ccc(C#N)cc2)C[C@H](C)O1. The Morgan fingerprint density at radius 2 is 1.91 bits per heavy atom. The summed E-state index contributed by atoms with van der Waals surface area (Å²) in [6.07, 6.45) is 0.422. The lowest BCUT2D eigenvalue weighted by Gasteiger charge is -2.34. The average Bonchev–Trinajstić information content (AvgIpc) is 2.94. The predicted octanol–water partition coefficient (Wildman–Crippen LogP) is 1.14. The van der Waals surface area contributed by atoms with Gasteiger partial charge in [0.05, 0.1) is 36.1 Å². The third-order valence-electron chi connectivity index (χ3n) is 3.64. The van der Waals surface area contributed by atoms with Crippen LogP contribution >= 0.6 is 0 Å². The van der Waals surface area contributed by atoms with Gasteiger partial charge in [0.1, 0.15) is 0 Å². The second kappa shape index (κ2) is 6.22. The molecular formula is C15H18N6O. The first-order valence-corrected chi connectivity index (χ1v) is 7.31. The first kappa shape index (κ1) is 14.6. The van der Waals surface area contributed by atoms with Crippen molar-refractivity contribution in [3.05, 3.63) is 35.7 Å². The number of rotatable bonds is 3. The molecule has 7 nitrogen and oxygen atoms in total. The molecule has 7 heteroatoms. The Hall–Kier alpha value is -2.30. The van der Waals surface area contributed by atoms with Gasteiger partial charge in [0, 0.05) is 13.1 Å². The largest absolute Gasteiger partial charge is 0.373 e. The summed E-state index contributed by atoms with van der Waals surface area (Å²) in [7, 11) is 0. The molecule has 1 aromatic carbocycles. The van der Waals surface area contributed by atoms with Crippen LogP contribution < -0.4 is 0 Å². The van der Waals surface area contributed by atoms with Crippen molar-refractivity contribution in [3.63, 3.8) is 0 Å². The lowest BCUT2D eigenvalue weighted by atomic mass is 10.2. The van der Waals surface area contributed by atoms with E-state index < -0.39 is 0 Å². The van der Waals surface area contributed by atoms with E-state index >= 15 is 0 Å². The van der Waals surface area contributed by atoms with Gasteiger partial charge in [-0.05, 0) is 48.5 Å². The number of benzene rings is 1. The minimum atomic E-state index is 0.211. The highest BCUT2D eigenvalue weighted by molar-refractivity contribution is 5.38. The fourth-order valence-electron chi connectivity index (χ4n) is 2.80. The number of ether oxygens (including phenoxy) is 1. The summed E-state index contributed by atoms with van der Waals surface area (Å²) in [5, 5.41) is 20.8. The van der Waals surface area contributed by atoms with Gasteiger partial charge < -0.3 is 4.74 Å². The van der Waals surface area contributed by atoms with Crippen LogP contribution in [-0.4, -0.2) is 50.4 Å². The summed E-state index contributed by atoms with van der Waals surface area (Å²) in [6, 6.07) is 9.33. The Morgan fingerprint density at radius 3 is 2.55 bits per heavy atom. The van der Waals surface area contributed by atoms with E-state index in [1.54, 1.807) is 16.8 Å². The molecule has 2 atom stereocenters. The van der Waals surface area contributed by atoms with Crippen LogP contribution in [0, 0.1) is 11.3 Å². The van der Waals surface area contributed by atoms with Gasteiger partial charge in [0.25, 0.3) is 0 Å². The Kier molecular flexibility index (Phi) is 4.13. The average molecular weight is 298 g/mol. The number of nitrogens with zero attached hydrogens (tertiary/aromatic N) is 6. The molecular weight excluding hydrogens is 280 g/mol. The van der Waals surface area contributed by atoms with Gasteiger partial charge in [-0.3, -0.25) is 4.90 Å². The Balaban J connectivity index is 1.78. The van der Waals surface area contributed by atoms with Crippen molar-refractivity contribution in [2.45, 2.75) is 32.6 Å². The Bertz CT molecular complexity index is 664. The topological polar surface area (TPSA) is 79.9 Å². The van der Waals surface area contributed by atoms with Gasteiger partial charge in [-0.2, -0.15) is 9.94 Å². The first-order chi connectivity index (χ1) is 10.7. The van der Waals surface area contributed by atoms with Crippen molar-refractivity contribution in [3.8, 4) is 11.8 Å². The number of hydrogen-bond acceptors (Lipinski definition) is 6. The number of hydrogen-bond donors (Lipinski definition) is 0. The van der Waals surface area contributed by atoms with E-state index in [-0.39, 0.29) is 12.2 Å².